The van der Waals surface area contributed by atoms with Crippen molar-refractivity contribution in [1.82, 2.24) is 4.98 Å². The zero-order valence-corrected chi connectivity index (χ0v) is 11.2. The molecule has 5 heteroatoms. The zero-order chi connectivity index (χ0) is 13.7. The monoisotopic (exact) mass is 280 g/mol. The van der Waals surface area contributed by atoms with Crippen molar-refractivity contribution in [3.63, 3.8) is 0 Å². The van der Waals surface area contributed by atoms with Gasteiger partial charge in [-0.2, -0.15) is 0 Å². The van der Waals surface area contributed by atoms with E-state index in [-0.39, 0.29) is 17.4 Å². The molecule has 1 N–H and O–H groups in total. The SMILES string of the molecule is CCNc1cc(COc2cccc(Cl)c2F)ccn1. The molecule has 1 heterocycles. The largest absolute Gasteiger partial charge is 0.486 e. The van der Waals surface area contributed by atoms with Gasteiger partial charge in [0.15, 0.2) is 11.6 Å². The van der Waals surface area contributed by atoms with Gasteiger partial charge in [-0.1, -0.05) is 17.7 Å². The molecule has 0 amide bonds. The van der Waals surface area contributed by atoms with Crippen LogP contribution in [0.1, 0.15) is 12.5 Å². The quantitative estimate of drug-likeness (QED) is 0.902. The molecular weight excluding hydrogens is 267 g/mol. The highest BCUT2D eigenvalue weighted by molar-refractivity contribution is 6.30. The number of hydrogen-bond acceptors (Lipinski definition) is 3. The van der Waals surface area contributed by atoms with Gasteiger partial charge in [0, 0.05) is 12.7 Å². The third-order valence-electron chi connectivity index (χ3n) is 2.49. The Morgan fingerprint density at radius 3 is 3.00 bits per heavy atom. The summed E-state index contributed by atoms with van der Waals surface area (Å²) in [5.74, 6) is 0.384. The van der Waals surface area contributed by atoms with Crippen molar-refractivity contribution in [2.75, 3.05) is 11.9 Å². The number of hydrogen-bond donors (Lipinski definition) is 1. The number of rotatable bonds is 5. The summed E-state index contributed by atoms with van der Waals surface area (Å²) < 4.78 is 19.0. The molecule has 0 bridgehead atoms. The van der Waals surface area contributed by atoms with Gasteiger partial charge in [0.2, 0.25) is 0 Å². The molecule has 1 aromatic carbocycles. The van der Waals surface area contributed by atoms with Crippen LogP contribution in [0.2, 0.25) is 5.02 Å². The van der Waals surface area contributed by atoms with Crippen LogP contribution >= 0.6 is 11.6 Å². The molecule has 3 nitrogen and oxygen atoms in total. The van der Waals surface area contributed by atoms with Crippen LogP contribution in [0, 0.1) is 5.82 Å². The minimum absolute atomic E-state index is 0.0561. The van der Waals surface area contributed by atoms with Crippen LogP contribution in [0.25, 0.3) is 0 Å². The average Bonchev–Trinajstić information content (AvgIpc) is 2.41. The van der Waals surface area contributed by atoms with E-state index >= 15 is 0 Å². The van der Waals surface area contributed by atoms with Crippen LogP contribution in [0.3, 0.4) is 0 Å². The Morgan fingerprint density at radius 2 is 2.21 bits per heavy atom. The number of nitrogens with one attached hydrogen (secondary N) is 1. The molecule has 100 valence electrons. The van der Waals surface area contributed by atoms with Gasteiger partial charge in [-0.3, -0.25) is 0 Å². The van der Waals surface area contributed by atoms with Gasteiger partial charge < -0.3 is 10.1 Å². The minimum Gasteiger partial charge on any atom is -0.486 e. The van der Waals surface area contributed by atoms with Gasteiger partial charge in [0.05, 0.1) is 5.02 Å². The van der Waals surface area contributed by atoms with Crippen LogP contribution in [0.4, 0.5) is 10.2 Å². The molecule has 1 aromatic heterocycles. The summed E-state index contributed by atoms with van der Waals surface area (Å²) in [7, 11) is 0. The molecule has 0 saturated carbocycles. The van der Waals surface area contributed by atoms with Crippen LogP contribution in [0.15, 0.2) is 36.5 Å². The maximum atomic E-state index is 13.6. The number of aromatic nitrogens is 1. The first kappa shape index (κ1) is 13.6. The Morgan fingerprint density at radius 1 is 1.37 bits per heavy atom. The van der Waals surface area contributed by atoms with Gasteiger partial charge >= 0.3 is 0 Å². The first-order valence-electron chi connectivity index (χ1n) is 5.96. The summed E-state index contributed by atoms with van der Waals surface area (Å²) in [6.45, 7) is 3.05. The molecule has 0 aliphatic rings. The number of benzene rings is 1. The second-order valence-electron chi connectivity index (χ2n) is 3.92. The minimum atomic E-state index is -0.537. The lowest BCUT2D eigenvalue weighted by molar-refractivity contribution is 0.290. The lowest BCUT2D eigenvalue weighted by Crippen LogP contribution is -2.02. The van der Waals surface area contributed by atoms with Crippen molar-refractivity contribution in [2.24, 2.45) is 0 Å². The van der Waals surface area contributed by atoms with Crippen molar-refractivity contribution < 1.29 is 9.13 Å². The van der Waals surface area contributed by atoms with Crippen molar-refractivity contribution in [2.45, 2.75) is 13.5 Å². The Labute approximate surface area is 116 Å². The van der Waals surface area contributed by atoms with E-state index in [2.05, 4.69) is 10.3 Å². The van der Waals surface area contributed by atoms with E-state index in [0.29, 0.717) is 0 Å². The molecule has 0 atom stereocenters. The fourth-order valence-electron chi connectivity index (χ4n) is 1.60. The van der Waals surface area contributed by atoms with E-state index in [1.807, 2.05) is 19.1 Å². The highest BCUT2D eigenvalue weighted by Gasteiger charge is 2.07. The predicted octanol–water partition coefficient (Wildman–Crippen LogP) is 3.88. The summed E-state index contributed by atoms with van der Waals surface area (Å²) in [6, 6.07) is 8.37. The maximum Gasteiger partial charge on any atom is 0.183 e. The summed E-state index contributed by atoms with van der Waals surface area (Å²) >= 11 is 5.69. The van der Waals surface area contributed by atoms with Gasteiger partial charge in [0.1, 0.15) is 12.4 Å². The number of halogens is 2. The highest BCUT2D eigenvalue weighted by Crippen LogP contribution is 2.24. The number of pyridine rings is 1. The Balaban J connectivity index is 2.06. The predicted molar refractivity (Wildman–Crippen MR) is 74.1 cm³/mol. The molecule has 0 radical (unpaired) electrons. The van der Waals surface area contributed by atoms with Crippen molar-refractivity contribution in [3.8, 4) is 5.75 Å². The topological polar surface area (TPSA) is 34.1 Å². The number of ether oxygens (including phenoxy) is 1. The molecule has 2 aromatic rings. The second-order valence-corrected chi connectivity index (χ2v) is 4.33. The summed E-state index contributed by atoms with van der Waals surface area (Å²) in [5.41, 5.74) is 0.908. The van der Waals surface area contributed by atoms with Crippen LogP contribution < -0.4 is 10.1 Å². The molecule has 0 saturated heterocycles. The van der Waals surface area contributed by atoms with E-state index in [9.17, 15) is 4.39 Å². The third-order valence-corrected chi connectivity index (χ3v) is 2.78. The normalized spacial score (nSPS) is 10.3. The third kappa shape index (κ3) is 3.58. The van der Waals surface area contributed by atoms with Crippen LogP contribution in [0.5, 0.6) is 5.75 Å². The Hall–Kier alpha value is -1.81. The Kier molecular flexibility index (Phi) is 4.58. The van der Waals surface area contributed by atoms with Gasteiger partial charge in [0.25, 0.3) is 0 Å². The molecular formula is C14H14ClFN2O. The van der Waals surface area contributed by atoms with E-state index in [1.165, 1.54) is 6.07 Å². The molecule has 0 spiro atoms. The van der Waals surface area contributed by atoms with Crippen LogP contribution in [-0.2, 0) is 6.61 Å². The van der Waals surface area contributed by atoms with Gasteiger partial charge in [-0.25, -0.2) is 9.37 Å². The van der Waals surface area contributed by atoms with E-state index in [1.54, 1.807) is 18.3 Å². The zero-order valence-electron chi connectivity index (χ0n) is 10.5. The molecule has 0 fully saturated rings. The van der Waals surface area contributed by atoms with E-state index in [4.69, 9.17) is 16.3 Å². The molecule has 0 aliphatic heterocycles. The van der Waals surface area contributed by atoms with Gasteiger partial charge in [-0.15, -0.1) is 0 Å². The summed E-state index contributed by atoms with van der Waals surface area (Å²) in [5, 5.41) is 3.16. The fourth-order valence-corrected chi connectivity index (χ4v) is 1.76. The molecule has 2 rings (SSSR count). The molecule has 19 heavy (non-hydrogen) atoms. The summed E-state index contributed by atoms with van der Waals surface area (Å²) in [4.78, 5) is 4.15. The van der Waals surface area contributed by atoms with Gasteiger partial charge in [-0.05, 0) is 36.8 Å². The second kappa shape index (κ2) is 6.38. The molecule has 0 aliphatic carbocycles. The number of nitrogens with zero attached hydrogens (tertiary/aromatic N) is 1. The smallest absolute Gasteiger partial charge is 0.183 e. The lowest BCUT2D eigenvalue weighted by Gasteiger charge is -2.09. The van der Waals surface area contributed by atoms with Crippen molar-refractivity contribution in [1.29, 1.82) is 0 Å². The van der Waals surface area contributed by atoms with E-state index in [0.717, 1.165) is 17.9 Å². The average molecular weight is 281 g/mol. The fraction of sp³-hybridized carbons (Fsp3) is 0.214. The van der Waals surface area contributed by atoms with Crippen molar-refractivity contribution >= 4 is 17.4 Å². The highest BCUT2D eigenvalue weighted by atomic mass is 35.5. The Bertz CT molecular complexity index is 563. The van der Waals surface area contributed by atoms with Crippen LogP contribution in [-0.4, -0.2) is 11.5 Å². The first-order chi connectivity index (χ1) is 9.20. The summed E-state index contributed by atoms with van der Waals surface area (Å²) in [6.07, 6.45) is 1.69. The lowest BCUT2D eigenvalue weighted by atomic mass is 10.2. The maximum absolute atomic E-state index is 13.6. The number of anilines is 1. The molecule has 0 unspecified atom stereocenters. The van der Waals surface area contributed by atoms with Crippen molar-refractivity contribution in [3.05, 3.63) is 52.9 Å². The first-order valence-corrected chi connectivity index (χ1v) is 6.34. The van der Waals surface area contributed by atoms with E-state index < -0.39 is 5.82 Å². The standard InChI is InChI=1S/C14H14ClFN2O/c1-2-17-13-8-10(6-7-18-13)9-19-12-5-3-4-11(15)14(12)16/h3-8H,2,9H2,1H3,(H,17,18).